The lowest BCUT2D eigenvalue weighted by Crippen LogP contribution is -1.98. The van der Waals surface area contributed by atoms with Crippen LogP contribution >= 0.6 is 0 Å². The minimum Gasteiger partial charge on any atom is -0.489 e. The molecule has 0 atom stereocenters. The molecule has 3 aromatic carbocycles. The Bertz CT molecular complexity index is 560. The van der Waals surface area contributed by atoms with Gasteiger partial charge in [0.1, 0.15) is 12.4 Å². The Morgan fingerprint density at radius 3 is 1.45 bits per heavy atom. The second-order valence-corrected chi connectivity index (χ2v) is 4.56. The second kappa shape index (κ2) is 10.0. The zero-order valence-corrected chi connectivity index (χ0v) is 12.5. The van der Waals surface area contributed by atoms with E-state index in [2.05, 4.69) is 6.08 Å². The fourth-order valence-electron chi connectivity index (χ4n) is 1.83. The molecule has 0 aromatic heterocycles. The standard InChI is InChI=1S/C9H8O.2C6H6/c1-2-6-9-8(4-1)5-3-7-10-9;2*1-2-4-6-5-3-1/h1-6H,7H2;2*1-6H. The lowest BCUT2D eigenvalue weighted by molar-refractivity contribution is 0.358. The number of rotatable bonds is 0. The highest BCUT2D eigenvalue weighted by Gasteiger charge is 2.01. The third-order valence-electron chi connectivity index (χ3n) is 2.88. The van der Waals surface area contributed by atoms with E-state index in [1.54, 1.807) is 0 Å². The maximum absolute atomic E-state index is 5.34. The van der Waals surface area contributed by atoms with Crippen molar-refractivity contribution in [1.29, 1.82) is 0 Å². The van der Waals surface area contributed by atoms with Crippen LogP contribution in [0.25, 0.3) is 6.08 Å². The first-order valence-corrected chi connectivity index (χ1v) is 7.35. The zero-order chi connectivity index (χ0) is 15.3. The monoisotopic (exact) mass is 288 g/mol. The first-order valence-electron chi connectivity index (χ1n) is 7.35. The molecule has 0 N–H and O–H groups in total. The van der Waals surface area contributed by atoms with Gasteiger partial charge in [-0.2, -0.15) is 0 Å². The van der Waals surface area contributed by atoms with Crippen molar-refractivity contribution in [3.8, 4) is 5.75 Å². The van der Waals surface area contributed by atoms with Gasteiger partial charge in [-0.05, 0) is 12.1 Å². The van der Waals surface area contributed by atoms with Crippen molar-refractivity contribution in [3.05, 3.63) is 109 Å². The number of benzene rings is 3. The molecule has 1 aliphatic heterocycles. The molecule has 22 heavy (non-hydrogen) atoms. The average molecular weight is 288 g/mol. The summed E-state index contributed by atoms with van der Waals surface area (Å²) in [4.78, 5) is 0. The molecule has 0 saturated carbocycles. The molecule has 1 heteroatoms. The van der Waals surface area contributed by atoms with E-state index >= 15 is 0 Å². The van der Waals surface area contributed by atoms with Gasteiger partial charge in [-0.1, -0.05) is 97.1 Å². The van der Waals surface area contributed by atoms with Gasteiger partial charge in [0.2, 0.25) is 0 Å². The Kier molecular flexibility index (Phi) is 7.09. The molecule has 0 bridgehead atoms. The molecule has 1 nitrogen and oxygen atoms in total. The van der Waals surface area contributed by atoms with Crippen LogP contribution in [0.1, 0.15) is 5.56 Å². The van der Waals surface area contributed by atoms with E-state index < -0.39 is 0 Å². The van der Waals surface area contributed by atoms with Crippen LogP contribution in [0.15, 0.2) is 103 Å². The quantitative estimate of drug-likeness (QED) is 0.533. The molecular formula is C21H20O. The molecule has 110 valence electrons. The fraction of sp³-hybridized carbons (Fsp3) is 0.0476. The van der Waals surface area contributed by atoms with Crippen molar-refractivity contribution in [1.82, 2.24) is 0 Å². The van der Waals surface area contributed by atoms with Gasteiger partial charge in [0, 0.05) is 5.56 Å². The predicted octanol–water partition coefficient (Wildman–Crippen LogP) is 5.47. The summed E-state index contributed by atoms with van der Waals surface area (Å²) >= 11 is 0. The summed E-state index contributed by atoms with van der Waals surface area (Å²) in [7, 11) is 0. The van der Waals surface area contributed by atoms with E-state index in [9.17, 15) is 0 Å². The van der Waals surface area contributed by atoms with E-state index in [-0.39, 0.29) is 0 Å². The van der Waals surface area contributed by atoms with Crippen LogP contribution in [-0.4, -0.2) is 6.61 Å². The first-order chi connectivity index (χ1) is 11.0. The van der Waals surface area contributed by atoms with Crippen LogP contribution in [0.2, 0.25) is 0 Å². The molecule has 1 aliphatic rings. The summed E-state index contributed by atoms with van der Waals surface area (Å²) in [5.41, 5.74) is 1.17. The van der Waals surface area contributed by atoms with Crippen molar-refractivity contribution in [3.63, 3.8) is 0 Å². The highest BCUT2D eigenvalue weighted by atomic mass is 16.5. The van der Waals surface area contributed by atoms with Gasteiger partial charge in [0.25, 0.3) is 0 Å². The van der Waals surface area contributed by atoms with Gasteiger partial charge < -0.3 is 4.74 Å². The van der Waals surface area contributed by atoms with Crippen molar-refractivity contribution in [2.45, 2.75) is 0 Å². The van der Waals surface area contributed by atoms with E-state index in [4.69, 9.17) is 4.74 Å². The third-order valence-corrected chi connectivity index (χ3v) is 2.88. The summed E-state index contributed by atoms with van der Waals surface area (Å²) in [6.07, 6.45) is 4.10. The molecule has 1 heterocycles. The smallest absolute Gasteiger partial charge is 0.126 e. The largest absolute Gasteiger partial charge is 0.489 e. The number of hydrogen-bond acceptors (Lipinski definition) is 1. The Balaban J connectivity index is 0.000000128. The summed E-state index contributed by atoms with van der Waals surface area (Å²) < 4.78 is 5.34. The Labute approximate surface area is 132 Å². The van der Waals surface area contributed by atoms with Gasteiger partial charge in [0.15, 0.2) is 0 Å². The molecule has 3 aromatic rings. The van der Waals surface area contributed by atoms with Crippen LogP contribution in [0.3, 0.4) is 0 Å². The van der Waals surface area contributed by atoms with E-state index in [1.807, 2.05) is 103 Å². The molecule has 0 spiro atoms. The lowest BCUT2D eigenvalue weighted by Gasteiger charge is -2.10. The van der Waals surface area contributed by atoms with Crippen molar-refractivity contribution >= 4 is 6.08 Å². The summed E-state index contributed by atoms with van der Waals surface area (Å²) in [6.45, 7) is 0.705. The van der Waals surface area contributed by atoms with Crippen molar-refractivity contribution < 1.29 is 4.74 Å². The molecule has 0 saturated heterocycles. The fourth-order valence-corrected chi connectivity index (χ4v) is 1.83. The summed E-state index contributed by atoms with van der Waals surface area (Å²) in [5.74, 6) is 0.991. The second-order valence-electron chi connectivity index (χ2n) is 4.56. The van der Waals surface area contributed by atoms with Gasteiger partial charge in [-0.3, -0.25) is 0 Å². The zero-order valence-electron chi connectivity index (χ0n) is 12.5. The number of ether oxygens (including phenoxy) is 1. The molecular weight excluding hydrogens is 268 g/mol. The molecule has 0 amide bonds. The Hall–Kier alpha value is -2.80. The number of para-hydroxylation sites is 1. The minimum atomic E-state index is 0.705. The van der Waals surface area contributed by atoms with Crippen LogP contribution in [0, 0.1) is 0 Å². The number of hydrogen-bond donors (Lipinski definition) is 0. The van der Waals surface area contributed by atoms with Crippen LogP contribution < -0.4 is 4.74 Å². The first kappa shape index (κ1) is 15.6. The molecule has 0 aliphatic carbocycles. The maximum Gasteiger partial charge on any atom is 0.126 e. The SMILES string of the molecule is C1=Cc2ccccc2OC1.c1ccccc1.c1ccccc1. The number of fused-ring (bicyclic) bond motifs is 1. The Morgan fingerprint density at radius 2 is 1.00 bits per heavy atom. The summed E-state index contributed by atoms with van der Waals surface area (Å²) in [5, 5.41) is 0. The van der Waals surface area contributed by atoms with Crippen LogP contribution in [-0.2, 0) is 0 Å². The van der Waals surface area contributed by atoms with Crippen molar-refractivity contribution in [2.75, 3.05) is 6.61 Å². The lowest BCUT2D eigenvalue weighted by atomic mass is 10.1. The van der Waals surface area contributed by atoms with Gasteiger partial charge in [0.05, 0.1) is 0 Å². The van der Waals surface area contributed by atoms with Crippen LogP contribution in [0.5, 0.6) is 5.75 Å². The van der Waals surface area contributed by atoms with Crippen LogP contribution in [0.4, 0.5) is 0 Å². The Morgan fingerprint density at radius 1 is 0.545 bits per heavy atom. The topological polar surface area (TPSA) is 9.23 Å². The van der Waals surface area contributed by atoms with Gasteiger partial charge in [-0.15, -0.1) is 0 Å². The molecule has 0 fully saturated rings. The normalized spacial score (nSPS) is 10.7. The van der Waals surface area contributed by atoms with Gasteiger partial charge in [-0.25, -0.2) is 0 Å². The molecule has 0 radical (unpaired) electrons. The molecule has 4 rings (SSSR count). The van der Waals surface area contributed by atoms with E-state index in [0.717, 1.165) is 5.75 Å². The van der Waals surface area contributed by atoms with E-state index in [0.29, 0.717) is 6.61 Å². The van der Waals surface area contributed by atoms with Crippen molar-refractivity contribution in [2.24, 2.45) is 0 Å². The highest BCUT2D eigenvalue weighted by molar-refractivity contribution is 5.58. The van der Waals surface area contributed by atoms with Gasteiger partial charge >= 0.3 is 0 Å². The highest BCUT2D eigenvalue weighted by Crippen LogP contribution is 2.21. The maximum atomic E-state index is 5.34. The predicted molar refractivity (Wildman–Crippen MR) is 93.9 cm³/mol. The average Bonchev–Trinajstić information content (AvgIpc) is 2.66. The van der Waals surface area contributed by atoms with E-state index in [1.165, 1.54) is 5.56 Å². The third kappa shape index (κ3) is 6.10. The summed E-state index contributed by atoms with van der Waals surface area (Å²) in [6, 6.07) is 32.0. The molecule has 0 unspecified atom stereocenters. The minimum absolute atomic E-state index is 0.705.